The van der Waals surface area contributed by atoms with E-state index in [-0.39, 0.29) is 29.4 Å². The molecule has 0 aromatic heterocycles. The first kappa shape index (κ1) is 16.2. The number of hydrogen-bond donors (Lipinski definition) is 2. The van der Waals surface area contributed by atoms with Crippen LogP contribution in [-0.4, -0.2) is 22.5 Å². The summed E-state index contributed by atoms with van der Waals surface area (Å²) in [5, 5.41) is 20.1. The third-order valence-electron chi connectivity index (χ3n) is 7.13. The van der Waals surface area contributed by atoms with Crippen LogP contribution in [0.25, 0.3) is 0 Å². The molecule has 5 heteroatoms. The molecule has 0 amide bonds. The first-order chi connectivity index (χ1) is 11.2. The zero-order chi connectivity index (χ0) is 17.3. The van der Waals surface area contributed by atoms with E-state index >= 15 is 0 Å². The maximum Gasteiger partial charge on any atom is 0.392 e. The molecule has 0 heterocycles. The van der Waals surface area contributed by atoms with E-state index in [2.05, 4.69) is 0 Å². The van der Waals surface area contributed by atoms with E-state index in [4.69, 9.17) is 0 Å². The smallest absolute Gasteiger partial charge is 0.392 e. The molecule has 3 unspecified atom stereocenters. The number of fused-ring (bicyclic) bond motifs is 5. The highest BCUT2D eigenvalue weighted by Gasteiger charge is 2.61. The molecule has 2 saturated carbocycles. The minimum Gasteiger partial charge on any atom is -0.508 e. The zero-order valence-electron chi connectivity index (χ0n) is 13.7. The van der Waals surface area contributed by atoms with Crippen LogP contribution < -0.4 is 0 Å². The molecule has 1 aromatic rings. The van der Waals surface area contributed by atoms with Crippen molar-refractivity contribution in [3.05, 3.63) is 29.3 Å². The van der Waals surface area contributed by atoms with Gasteiger partial charge in [-0.3, -0.25) is 0 Å². The van der Waals surface area contributed by atoms with Gasteiger partial charge in [-0.25, -0.2) is 0 Å². The first-order valence-electron chi connectivity index (χ1n) is 8.78. The molecule has 132 valence electrons. The first-order valence-corrected chi connectivity index (χ1v) is 8.78. The Morgan fingerprint density at radius 3 is 2.62 bits per heavy atom. The number of aromatic hydroxyl groups is 1. The van der Waals surface area contributed by atoms with Gasteiger partial charge in [-0.1, -0.05) is 13.0 Å². The molecular formula is C19H23F3O2. The highest BCUT2D eigenvalue weighted by Crippen LogP contribution is 2.64. The van der Waals surface area contributed by atoms with Crippen molar-refractivity contribution in [2.45, 2.75) is 57.2 Å². The van der Waals surface area contributed by atoms with Gasteiger partial charge in [0.15, 0.2) is 0 Å². The van der Waals surface area contributed by atoms with Crippen LogP contribution >= 0.6 is 0 Å². The molecule has 0 aliphatic heterocycles. The summed E-state index contributed by atoms with van der Waals surface area (Å²) in [5.74, 6) is -2.01. The Labute approximate surface area is 139 Å². The van der Waals surface area contributed by atoms with Crippen LogP contribution in [0.15, 0.2) is 18.2 Å². The van der Waals surface area contributed by atoms with Crippen LogP contribution in [0.4, 0.5) is 13.2 Å². The van der Waals surface area contributed by atoms with E-state index in [1.54, 1.807) is 6.07 Å². The van der Waals surface area contributed by atoms with Crippen molar-refractivity contribution in [3.8, 4) is 5.75 Å². The molecule has 0 radical (unpaired) electrons. The van der Waals surface area contributed by atoms with Crippen molar-refractivity contribution < 1.29 is 23.4 Å². The maximum atomic E-state index is 13.9. The second kappa shape index (κ2) is 5.13. The highest BCUT2D eigenvalue weighted by atomic mass is 19.4. The van der Waals surface area contributed by atoms with Crippen LogP contribution in [0.2, 0.25) is 0 Å². The van der Waals surface area contributed by atoms with Crippen LogP contribution in [0.3, 0.4) is 0 Å². The topological polar surface area (TPSA) is 40.5 Å². The zero-order valence-corrected chi connectivity index (χ0v) is 13.7. The molecule has 3 aliphatic rings. The summed E-state index contributed by atoms with van der Waals surface area (Å²) < 4.78 is 41.6. The Balaban J connectivity index is 1.82. The summed E-state index contributed by atoms with van der Waals surface area (Å²) in [4.78, 5) is 0. The quantitative estimate of drug-likeness (QED) is 0.735. The van der Waals surface area contributed by atoms with Crippen LogP contribution in [0, 0.1) is 23.2 Å². The Kier molecular flexibility index (Phi) is 3.48. The number of benzene rings is 1. The summed E-state index contributed by atoms with van der Waals surface area (Å²) >= 11 is 0. The number of aliphatic hydroxyl groups is 1. The molecule has 3 aliphatic carbocycles. The normalized spacial score (nSPS) is 41.5. The van der Waals surface area contributed by atoms with Gasteiger partial charge in [-0.2, -0.15) is 13.2 Å². The average molecular weight is 340 g/mol. The SMILES string of the molecule is C[C@]12CCC3c4ccc(O)cc4C[C@@H](C(F)(F)F)C3C1CC[C@@H]2O. The van der Waals surface area contributed by atoms with Crippen molar-refractivity contribution in [1.29, 1.82) is 0 Å². The third kappa shape index (κ3) is 2.20. The lowest BCUT2D eigenvalue weighted by atomic mass is 9.52. The second-order valence-electron chi connectivity index (χ2n) is 8.16. The van der Waals surface area contributed by atoms with Gasteiger partial charge in [0.05, 0.1) is 12.0 Å². The fourth-order valence-corrected chi connectivity index (χ4v) is 5.93. The van der Waals surface area contributed by atoms with Gasteiger partial charge in [0.25, 0.3) is 0 Å². The molecule has 2 fully saturated rings. The van der Waals surface area contributed by atoms with Gasteiger partial charge < -0.3 is 10.2 Å². The molecule has 4 rings (SSSR count). The Bertz CT molecular complexity index is 657. The molecule has 0 bridgehead atoms. The van der Waals surface area contributed by atoms with Gasteiger partial charge >= 0.3 is 6.18 Å². The minimum atomic E-state index is -4.25. The molecule has 24 heavy (non-hydrogen) atoms. The van der Waals surface area contributed by atoms with Gasteiger partial charge in [0.2, 0.25) is 0 Å². The molecule has 2 N–H and O–H groups in total. The number of phenolic OH excluding ortho intramolecular Hbond substituents is 1. The summed E-state index contributed by atoms with van der Waals surface area (Å²) in [6, 6.07) is 4.89. The van der Waals surface area contributed by atoms with E-state index in [0.717, 1.165) is 12.0 Å². The lowest BCUT2D eigenvalue weighted by molar-refractivity contribution is -0.209. The molecular weight excluding hydrogens is 317 g/mol. The van der Waals surface area contributed by atoms with E-state index in [1.807, 2.05) is 13.0 Å². The summed E-state index contributed by atoms with van der Waals surface area (Å²) in [7, 11) is 0. The van der Waals surface area contributed by atoms with Crippen molar-refractivity contribution >= 4 is 0 Å². The number of phenols is 1. The van der Waals surface area contributed by atoms with Gasteiger partial charge in [0.1, 0.15) is 5.75 Å². The van der Waals surface area contributed by atoms with E-state index in [9.17, 15) is 23.4 Å². The number of halogens is 3. The number of aliphatic hydroxyl groups excluding tert-OH is 1. The number of alkyl halides is 3. The molecule has 0 saturated heterocycles. The molecule has 0 spiro atoms. The Morgan fingerprint density at radius 1 is 1.17 bits per heavy atom. The molecule has 6 atom stereocenters. The van der Waals surface area contributed by atoms with E-state index in [1.165, 1.54) is 6.07 Å². The van der Waals surface area contributed by atoms with Crippen molar-refractivity contribution in [1.82, 2.24) is 0 Å². The van der Waals surface area contributed by atoms with Gasteiger partial charge in [-0.15, -0.1) is 0 Å². The third-order valence-corrected chi connectivity index (χ3v) is 7.13. The fourth-order valence-electron chi connectivity index (χ4n) is 5.93. The maximum absolute atomic E-state index is 13.9. The van der Waals surface area contributed by atoms with E-state index < -0.39 is 24.1 Å². The van der Waals surface area contributed by atoms with E-state index in [0.29, 0.717) is 24.8 Å². The second-order valence-corrected chi connectivity index (χ2v) is 8.16. The molecule has 2 nitrogen and oxygen atoms in total. The predicted molar refractivity (Wildman–Crippen MR) is 83.7 cm³/mol. The Morgan fingerprint density at radius 2 is 1.92 bits per heavy atom. The predicted octanol–water partition coefficient (Wildman–Crippen LogP) is 4.40. The summed E-state index contributed by atoms with van der Waals surface area (Å²) in [5.41, 5.74) is 1.22. The lowest BCUT2D eigenvalue weighted by Gasteiger charge is -2.53. The standard InChI is InChI=1S/C19H23F3O2/c1-18-7-6-13-12-3-2-11(23)8-10(12)9-15(19(20,21)22)17(13)14(18)4-5-16(18)24/h2-3,8,13-17,23-24H,4-7,9H2,1H3/t13?,14?,15-,16+,17?,18+/m1/s1. The van der Waals surface area contributed by atoms with Crippen LogP contribution in [0.5, 0.6) is 5.75 Å². The van der Waals surface area contributed by atoms with Crippen molar-refractivity contribution in [3.63, 3.8) is 0 Å². The lowest BCUT2D eigenvalue weighted by Crippen LogP contribution is -2.50. The van der Waals surface area contributed by atoms with Crippen LogP contribution in [0.1, 0.15) is 49.7 Å². The highest BCUT2D eigenvalue weighted by molar-refractivity contribution is 5.41. The monoisotopic (exact) mass is 340 g/mol. The van der Waals surface area contributed by atoms with Gasteiger partial charge in [-0.05, 0) is 78.5 Å². The summed E-state index contributed by atoms with van der Waals surface area (Å²) in [6.07, 6.45) is -2.06. The average Bonchev–Trinajstić information content (AvgIpc) is 2.80. The molecule has 1 aromatic carbocycles. The fraction of sp³-hybridized carbons (Fsp3) is 0.684. The summed E-state index contributed by atoms with van der Waals surface area (Å²) in [6.45, 7) is 1.98. The number of hydrogen-bond acceptors (Lipinski definition) is 2. The van der Waals surface area contributed by atoms with Crippen LogP contribution in [-0.2, 0) is 6.42 Å². The number of rotatable bonds is 0. The minimum absolute atomic E-state index is 0.0325. The van der Waals surface area contributed by atoms with Gasteiger partial charge in [0, 0.05) is 0 Å². The van der Waals surface area contributed by atoms with Crippen molar-refractivity contribution in [2.24, 2.45) is 23.2 Å². The Hall–Kier alpha value is -1.23. The van der Waals surface area contributed by atoms with Crippen molar-refractivity contribution in [2.75, 3.05) is 0 Å². The largest absolute Gasteiger partial charge is 0.508 e.